The number of carbonyl (C=O) groups is 1. The first-order valence-electron chi connectivity index (χ1n) is 10.2. The molecule has 0 bridgehead atoms. The zero-order chi connectivity index (χ0) is 21.7. The number of unbranched alkanes of at least 4 members (excludes halogenated alkanes) is 1. The van der Waals surface area contributed by atoms with Crippen molar-refractivity contribution in [2.45, 2.75) is 50.2 Å². The van der Waals surface area contributed by atoms with Crippen molar-refractivity contribution in [1.82, 2.24) is 18.8 Å². The number of rotatable bonds is 11. The minimum Gasteiger partial charge on any atom is -0.359 e. The molecule has 0 fully saturated rings. The third-order valence-corrected chi connectivity index (χ3v) is 8.02. The molecule has 2 heterocycles. The van der Waals surface area contributed by atoms with Crippen molar-refractivity contribution < 1.29 is 13.2 Å². The molecule has 0 amide bonds. The Bertz CT molecular complexity index is 1100. The Labute approximate surface area is 181 Å². The van der Waals surface area contributed by atoms with Crippen LogP contribution in [0.1, 0.15) is 44.1 Å². The highest BCUT2D eigenvalue weighted by molar-refractivity contribution is 7.99. The fourth-order valence-corrected chi connectivity index (χ4v) is 5.72. The molecule has 0 saturated carbocycles. The monoisotopic (exact) mass is 448 g/mol. The Hall–Kier alpha value is -2.10. The predicted molar refractivity (Wildman–Crippen MR) is 121 cm³/mol. The van der Waals surface area contributed by atoms with Crippen molar-refractivity contribution in [2.75, 3.05) is 18.8 Å². The highest BCUT2D eigenvalue weighted by Gasteiger charge is 2.23. The van der Waals surface area contributed by atoms with Gasteiger partial charge >= 0.3 is 0 Å². The second kappa shape index (κ2) is 9.80. The molecule has 0 spiro atoms. The van der Waals surface area contributed by atoms with E-state index >= 15 is 0 Å². The third-order valence-electron chi connectivity index (χ3n) is 4.99. The Balaban J connectivity index is 1.94. The number of Topliss-reactive ketones (excluding diaryl/α,β-unsaturated/α-hetero) is 1. The molecule has 0 aliphatic rings. The number of hydrogen-bond acceptors (Lipinski definition) is 5. The Morgan fingerprint density at radius 2 is 1.97 bits per heavy atom. The number of sulfonamides is 1. The van der Waals surface area contributed by atoms with Gasteiger partial charge in [-0.05, 0) is 36.8 Å². The molecule has 162 valence electrons. The van der Waals surface area contributed by atoms with E-state index in [2.05, 4.69) is 21.5 Å². The molecule has 1 N–H and O–H groups in total. The number of aromatic nitrogens is 3. The first-order valence-corrected chi connectivity index (χ1v) is 12.6. The largest absolute Gasteiger partial charge is 0.359 e. The molecule has 0 saturated heterocycles. The van der Waals surface area contributed by atoms with Crippen molar-refractivity contribution in [3.8, 4) is 0 Å². The van der Waals surface area contributed by atoms with Gasteiger partial charge in [0.2, 0.25) is 10.0 Å². The highest BCUT2D eigenvalue weighted by atomic mass is 32.2. The number of nitrogens with zero attached hydrogens (tertiary/aromatic N) is 3. The summed E-state index contributed by atoms with van der Waals surface area (Å²) >= 11 is 1.38. The molecule has 0 unspecified atom stereocenters. The minimum absolute atomic E-state index is 0.00361. The second-order valence-electron chi connectivity index (χ2n) is 6.94. The van der Waals surface area contributed by atoms with E-state index in [4.69, 9.17) is 0 Å². The van der Waals surface area contributed by atoms with Crippen molar-refractivity contribution in [2.24, 2.45) is 0 Å². The Morgan fingerprint density at radius 1 is 1.20 bits per heavy atom. The molecule has 7 nitrogen and oxygen atoms in total. The number of H-pyrrole nitrogens is 1. The zero-order valence-electron chi connectivity index (χ0n) is 17.6. The zero-order valence-corrected chi connectivity index (χ0v) is 19.2. The van der Waals surface area contributed by atoms with Crippen molar-refractivity contribution >= 4 is 38.6 Å². The fraction of sp³-hybridized carbons (Fsp3) is 0.429. The summed E-state index contributed by atoms with van der Waals surface area (Å²) in [6.45, 7) is 7.39. The van der Waals surface area contributed by atoms with Crippen molar-refractivity contribution in [3.05, 3.63) is 42.2 Å². The number of ketones is 1. The number of carbonyl (C=O) groups excluding carboxylic acids is 1. The normalized spacial score (nSPS) is 12.1. The van der Waals surface area contributed by atoms with Crippen LogP contribution in [0.3, 0.4) is 0 Å². The molecule has 0 atom stereocenters. The number of hydrogen-bond donors (Lipinski definition) is 1. The Morgan fingerprint density at radius 3 is 2.60 bits per heavy atom. The molecule has 3 rings (SSSR count). The van der Waals surface area contributed by atoms with Gasteiger partial charge in [0, 0.05) is 25.8 Å². The minimum atomic E-state index is -3.55. The summed E-state index contributed by atoms with van der Waals surface area (Å²) in [6, 6.07) is 8.67. The second-order valence-corrected chi connectivity index (χ2v) is 9.82. The van der Waals surface area contributed by atoms with Gasteiger partial charge in [0.1, 0.15) is 0 Å². The summed E-state index contributed by atoms with van der Waals surface area (Å²) in [5.74, 6) is 0.268. The lowest BCUT2D eigenvalue weighted by molar-refractivity contribution is 0.101. The topological polar surface area (TPSA) is 88.1 Å². The summed E-state index contributed by atoms with van der Waals surface area (Å²) in [7, 11) is -3.55. The third kappa shape index (κ3) is 4.63. The molecule has 0 radical (unpaired) electrons. The van der Waals surface area contributed by atoms with Crippen molar-refractivity contribution in [3.63, 3.8) is 0 Å². The molecule has 0 aliphatic heterocycles. The van der Waals surface area contributed by atoms with Crippen LogP contribution >= 0.6 is 11.8 Å². The predicted octanol–water partition coefficient (Wildman–Crippen LogP) is 4.17. The van der Waals surface area contributed by atoms with E-state index in [0.29, 0.717) is 24.3 Å². The molecular formula is C21H28N4O3S2. The van der Waals surface area contributed by atoms with Crippen LogP contribution < -0.4 is 0 Å². The lowest BCUT2D eigenvalue weighted by Gasteiger charge is -2.18. The highest BCUT2D eigenvalue weighted by Crippen LogP contribution is 2.28. The smallest absolute Gasteiger partial charge is 0.243 e. The van der Waals surface area contributed by atoms with E-state index in [0.717, 1.165) is 30.1 Å². The van der Waals surface area contributed by atoms with E-state index in [1.807, 2.05) is 19.9 Å². The van der Waals surface area contributed by atoms with Gasteiger partial charge in [-0.25, -0.2) is 13.4 Å². The number of imidazole rings is 1. The molecule has 2 aromatic heterocycles. The summed E-state index contributed by atoms with van der Waals surface area (Å²) in [4.78, 5) is 20.2. The lowest BCUT2D eigenvalue weighted by Crippen LogP contribution is -2.30. The van der Waals surface area contributed by atoms with E-state index in [1.54, 1.807) is 30.5 Å². The van der Waals surface area contributed by atoms with Crippen molar-refractivity contribution in [1.29, 1.82) is 0 Å². The maximum atomic E-state index is 12.9. The van der Waals surface area contributed by atoms with E-state index in [1.165, 1.54) is 16.1 Å². The number of benzene rings is 1. The number of aromatic amines is 1. The molecule has 30 heavy (non-hydrogen) atoms. The number of fused-ring (bicyclic) bond motifs is 1. The van der Waals surface area contributed by atoms with E-state index in [9.17, 15) is 13.2 Å². The van der Waals surface area contributed by atoms with Gasteiger partial charge in [0.15, 0.2) is 10.9 Å². The van der Waals surface area contributed by atoms with Crippen LogP contribution in [0, 0.1) is 0 Å². The molecular weight excluding hydrogens is 420 g/mol. The van der Waals surface area contributed by atoms with E-state index < -0.39 is 10.0 Å². The fourth-order valence-electron chi connectivity index (χ4n) is 3.31. The molecule has 9 heteroatoms. The van der Waals surface area contributed by atoms with Crippen LogP contribution in [0.15, 0.2) is 46.6 Å². The maximum absolute atomic E-state index is 12.9. The lowest BCUT2D eigenvalue weighted by atomic mass is 10.3. The number of thioether (sulfide) groups is 1. The van der Waals surface area contributed by atoms with E-state index in [-0.39, 0.29) is 16.4 Å². The average molecular weight is 449 g/mol. The number of nitrogens with one attached hydrogen (secondary N) is 1. The van der Waals surface area contributed by atoms with Gasteiger partial charge in [-0.3, -0.25) is 4.79 Å². The van der Waals surface area contributed by atoms with Gasteiger partial charge < -0.3 is 9.55 Å². The summed E-state index contributed by atoms with van der Waals surface area (Å²) in [6.07, 6.45) is 3.73. The SMILES string of the molecule is CCCCn1c(SCC(=O)c2ccc[nH]2)nc2cc(S(=O)(=O)N(CC)CC)ccc21. The van der Waals surface area contributed by atoms with Crippen LogP contribution in [0.25, 0.3) is 11.0 Å². The number of aryl methyl sites for hydroxylation is 1. The molecule has 0 aliphatic carbocycles. The average Bonchev–Trinajstić information content (AvgIpc) is 3.38. The van der Waals surface area contributed by atoms with Gasteiger partial charge in [-0.15, -0.1) is 0 Å². The summed E-state index contributed by atoms with van der Waals surface area (Å²) in [5, 5.41) is 0.732. The van der Waals surface area contributed by atoms with Crippen LogP contribution in [0.4, 0.5) is 0 Å². The molecule has 3 aromatic rings. The quantitative estimate of drug-likeness (QED) is 0.351. The summed E-state index contributed by atoms with van der Waals surface area (Å²) < 4.78 is 29.3. The van der Waals surface area contributed by atoms with Gasteiger partial charge in [-0.2, -0.15) is 4.31 Å². The molecule has 1 aromatic carbocycles. The van der Waals surface area contributed by atoms with Gasteiger partial charge in [0.05, 0.1) is 27.4 Å². The summed E-state index contributed by atoms with van der Waals surface area (Å²) in [5.41, 5.74) is 2.09. The van der Waals surface area contributed by atoms with Crippen LogP contribution in [-0.2, 0) is 16.6 Å². The Kier molecular flexibility index (Phi) is 7.38. The van der Waals surface area contributed by atoms with Crippen LogP contribution in [0.5, 0.6) is 0 Å². The van der Waals surface area contributed by atoms with Crippen LogP contribution in [0.2, 0.25) is 0 Å². The first-order chi connectivity index (χ1) is 14.4. The standard InChI is InChI=1S/C21H28N4O3S2/c1-4-7-13-25-19-11-10-16(30(27,28)24(5-2)6-3)14-18(19)23-21(25)29-15-20(26)17-9-8-12-22-17/h8-12,14,22H,4-7,13,15H2,1-3H3. The first kappa shape index (κ1) is 22.6. The van der Waals surface area contributed by atoms with Gasteiger partial charge in [0.25, 0.3) is 0 Å². The maximum Gasteiger partial charge on any atom is 0.243 e. The van der Waals surface area contributed by atoms with Gasteiger partial charge in [-0.1, -0.05) is 39.0 Å². The van der Waals surface area contributed by atoms with Crippen LogP contribution in [-0.4, -0.2) is 51.9 Å².